The van der Waals surface area contributed by atoms with Crippen molar-refractivity contribution in [1.29, 1.82) is 0 Å². The van der Waals surface area contributed by atoms with Crippen LogP contribution in [0.15, 0.2) is 59.3 Å². The van der Waals surface area contributed by atoms with E-state index in [1.54, 1.807) is 0 Å². The number of oxazole rings is 1. The van der Waals surface area contributed by atoms with Crippen LogP contribution >= 0.6 is 0 Å². The molecule has 136 valence electrons. The monoisotopic (exact) mass is 358 g/mol. The molecule has 2 aromatic heterocycles. The number of nitrogens with zero attached hydrogens (tertiary/aromatic N) is 3. The summed E-state index contributed by atoms with van der Waals surface area (Å²) in [5.74, 6) is 0.621. The maximum atomic E-state index is 6.03. The Labute approximate surface area is 157 Å². The van der Waals surface area contributed by atoms with Crippen molar-refractivity contribution in [2.75, 3.05) is 13.1 Å². The van der Waals surface area contributed by atoms with Crippen LogP contribution in [-0.2, 0) is 6.54 Å². The molecular weight excluding hydrogens is 336 g/mol. The Bertz CT molecular complexity index is 1060. The van der Waals surface area contributed by atoms with Crippen molar-refractivity contribution in [3.05, 3.63) is 60.4 Å². The number of nitrogens with two attached hydrogens (primary N) is 1. The minimum absolute atomic E-state index is 0.356. The van der Waals surface area contributed by atoms with Crippen LogP contribution in [-0.4, -0.2) is 34.0 Å². The fourth-order valence-corrected chi connectivity index (χ4v) is 3.84. The maximum Gasteiger partial charge on any atom is 0.229 e. The van der Waals surface area contributed by atoms with Gasteiger partial charge in [0.05, 0.1) is 5.56 Å². The molecule has 2 aromatic carbocycles. The predicted molar refractivity (Wildman–Crippen MR) is 107 cm³/mol. The summed E-state index contributed by atoms with van der Waals surface area (Å²) in [7, 11) is 0. The normalized spacial score (nSPS) is 16.3. The van der Waals surface area contributed by atoms with Gasteiger partial charge in [-0.3, -0.25) is 9.88 Å². The third kappa shape index (κ3) is 3.20. The molecule has 0 spiro atoms. The first-order chi connectivity index (χ1) is 13.3. The number of hydrogen-bond donors (Lipinski definition) is 1. The zero-order valence-electron chi connectivity index (χ0n) is 15.1. The van der Waals surface area contributed by atoms with Crippen LogP contribution in [0.2, 0.25) is 0 Å². The molecule has 1 saturated heterocycles. The quantitative estimate of drug-likeness (QED) is 0.600. The summed E-state index contributed by atoms with van der Waals surface area (Å²) in [5, 5.41) is 2.22. The number of hydrogen-bond acceptors (Lipinski definition) is 5. The standard InChI is InChI=1S/C22H22N4O/c23-17-7-9-26(10-8-17)14-15-5-6-16-12-24-13-19(18(16)11-15)22-25-20-3-1-2-4-21(20)27-22/h1-6,11-13,17H,7-10,14,23H2. The molecule has 0 radical (unpaired) electrons. The van der Waals surface area contributed by atoms with Crippen LogP contribution in [0.3, 0.4) is 0 Å². The minimum Gasteiger partial charge on any atom is -0.436 e. The van der Waals surface area contributed by atoms with Gasteiger partial charge < -0.3 is 10.2 Å². The largest absolute Gasteiger partial charge is 0.436 e. The molecule has 5 nitrogen and oxygen atoms in total. The van der Waals surface area contributed by atoms with E-state index in [9.17, 15) is 0 Å². The van der Waals surface area contributed by atoms with Gasteiger partial charge in [-0.1, -0.05) is 24.3 Å². The van der Waals surface area contributed by atoms with Crippen molar-refractivity contribution >= 4 is 21.9 Å². The second kappa shape index (κ2) is 6.76. The SMILES string of the molecule is NC1CCN(Cc2ccc3cncc(-c4nc5ccccc5o4)c3c2)CC1. The van der Waals surface area contributed by atoms with Crippen molar-refractivity contribution in [1.82, 2.24) is 14.9 Å². The van der Waals surface area contributed by atoms with E-state index in [-0.39, 0.29) is 0 Å². The van der Waals surface area contributed by atoms with Crippen molar-refractivity contribution in [2.24, 2.45) is 5.73 Å². The van der Waals surface area contributed by atoms with Crippen LogP contribution in [0, 0.1) is 0 Å². The lowest BCUT2D eigenvalue weighted by Crippen LogP contribution is -2.39. The van der Waals surface area contributed by atoms with Gasteiger partial charge in [-0.05, 0) is 55.1 Å². The van der Waals surface area contributed by atoms with Gasteiger partial charge in [0.2, 0.25) is 5.89 Å². The van der Waals surface area contributed by atoms with Crippen LogP contribution < -0.4 is 5.73 Å². The smallest absolute Gasteiger partial charge is 0.229 e. The van der Waals surface area contributed by atoms with Crippen molar-refractivity contribution in [3.8, 4) is 11.5 Å². The molecular formula is C22H22N4O. The van der Waals surface area contributed by atoms with Gasteiger partial charge >= 0.3 is 0 Å². The topological polar surface area (TPSA) is 68.2 Å². The fourth-order valence-electron chi connectivity index (χ4n) is 3.84. The molecule has 1 fully saturated rings. The molecule has 0 aliphatic carbocycles. The molecule has 0 saturated carbocycles. The summed E-state index contributed by atoms with van der Waals surface area (Å²) >= 11 is 0. The molecule has 27 heavy (non-hydrogen) atoms. The van der Waals surface area contributed by atoms with Crippen LogP contribution in [0.1, 0.15) is 18.4 Å². The number of aromatic nitrogens is 2. The van der Waals surface area contributed by atoms with Gasteiger partial charge in [-0.15, -0.1) is 0 Å². The molecule has 0 bridgehead atoms. The number of fused-ring (bicyclic) bond motifs is 2. The Kier molecular flexibility index (Phi) is 4.11. The van der Waals surface area contributed by atoms with Crippen LogP contribution in [0.4, 0.5) is 0 Å². The van der Waals surface area contributed by atoms with Crippen molar-refractivity contribution < 1.29 is 4.42 Å². The summed E-state index contributed by atoms with van der Waals surface area (Å²) in [6, 6.07) is 14.8. The third-order valence-electron chi connectivity index (χ3n) is 5.39. The van der Waals surface area contributed by atoms with Crippen molar-refractivity contribution in [3.63, 3.8) is 0 Å². The van der Waals surface area contributed by atoms with Crippen LogP contribution in [0.25, 0.3) is 33.3 Å². The van der Waals surface area contributed by atoms with E-state index in [1.165, 1.54) is 5.56 Å². The zero-order valence-corrected chi connectivity index (χ0v) is 15.1. The predicted octanol–water partition coefficient (Wildman–Crippen LogP) is 3.97. The van der Waals surface area contributed by atoms with Gasteiger partial charge in [0.25, 0.3) is 0 Å². The Balaban J connectivity index is 1.52. The summed E-state index contributed by atoms with van der Waals surface area (Å²) in [4.78, 5) is 11.5. The van der Waals surface area contributed by atoms with E-state index in [0.717, 1.165) is 59.9 Å². The Morgan fingerprint density at radius 3 is 2.78 bits per heavy atom. The van der Waals surface area contributed by atoms with Crippen LogP contribution in [0.5, 0.6) is 0 Å². The van der Waals surface area contributed by atoms with E-state index < -0.39 is 0 Å². The lowest BCUT2D eigenvalue weighted by Gasteiger charge is -2.30. The molecule has 0 amide bonds. The number of benzene rings is 2. The van der Waals surface area contributed by atoms with Gasteiger partial charge in [-0.2, -0.15) is 0 Å². The third-order valence-corrected chi connectivity index (χ3v) is 5.39. The molecule has 4 aromatic rings. The Morgan fingerprint density at radius 1 is 1.07 bits per heavy atom. The van der Waals surface area contributed by atoms with Gasteiger partial charge in [0.1, 0.15) is 5.52 Å². The van der Waals surface area contributed by atoms with E-state index in [0.29, 0.717) is 11.9 Å². The molecule has 3 heterocycles. The molecule has 1 aliphatic heterocycles. The molecule has 0 atom stereocenters. The number of pyridine rings is 1. The molecule has 5 heteroatoms. The summed E-state index contributed by atoms with van der Waals surface area (Å²) in [5.41, 5.74) is 9.92. The first-order valence-electron chi connectivity index (χ1n) is 9.47. The summed E-state index contributed by atoms with van der Waals surface area (Å²) in [6.07, 6.45) is 5.89. The average molecular weight is 358 g/mol. The van der Waals surface area contributed by atoms with Gasteiger partial charge in [-0.25, -0.2) is 4.98 Å². The number of para-hydroxylation sites is 2. The fraction of sp³-hybridized carbons (Fsp3) is 0.273. The first kappa shape index (κ1) is 16.4. The zero-order chi connectivity index (χ0) is 18.2. The lowest BCUT2D eigenvalue weighted by molar-refractivity contribution is 0.206. The van der Waals surface area contributed by atoms with Crippen molar-refractivity contribution in [2.45, 2.75) is 25.4 Å². The molecule has 1 aliphatic rings. The number of piperidine rings is 1. The van der Waals surface area contributed by atoms with Gasteiger partial charge in [0, 0.05) is 30.4 Å². The van der Waals surface area contributed by atoms with Gasteiger partial charge in [0.15, 0.2) is 5.58 Å². The van der Waals surface area contributed by atoms with E-state index in [1.807, 2.05) is 36.7 Å². The molecule has 2 N–H and O–H groups in total. The Morgan fingerprint density at radius 2 is 1.93 bits per heavy atom. The lowest BCUT2D eigenvalue weighted by atomic mass is 10.0. The molecule has 5 rings (SSSR count). The second-order valence-electron chi connectivity index (χ2n) is 7.34. The highest BCUT2D eigenvalue weighted by atomic mass is 16.3. The maximum absolute atomic E-state index is 6.03. The van der Waals surface area contributed by atoms with E-state index in [2.05, 4.69) is 33.1 Å². The first-order valence-corrected chi connectivity index (χ1v) is 9.47. The highest BCUT2D eigenvalue weighted by molar-refractivity contribution is 5.95. The average Bonchev–Trinajstić information content (AvgIpc) is 3.13. The highest BCUT2D eigenvalue weighted by Gasteiger charge is 2.17. The highest BCUT2D eigenvalue weighted by Crippen LogP contribution is 2.30. The Hall–Kier alpha value is -2.76. The number of rotatable bonds is 3. The minimum atomic E-state index is 0.356. The second-order valence-corrected chi connectivity index (χ2v) is 7.34. The molecule has 0 unspecified atom stereocenters. The van der Waals surface area contributed by atoms with E-state index in [4.69, 9.17) is 10.2 Å². The van der Waals surface area contributed by atoms with E-state index >= 15 is 0 Å². The summed E-state index contributed by atoms with van der Waals surface area (Å²) < 4.78 is 5.99. The summed E-state index contributed by atoms with van der Waals surface area (Å²) in [6.45, 7) is 3.07. The number of likely N-dealkylation sites (tertiary alicyclic amines) is 1.